The number of nitrogens with one attached hydrogen (secondary N) is 1. The third kappa shape index (κ3) is 5.96. The molecular weight excluding hydrogens is 390 g/mol. The number of nitrogens with zero attached hydrogens (tertiary/aromatic N) is 2. The first-order valence-electron chi connectivity index (χ1n) is 10.6. The van der Waals surface area contributed by atoms with E-state index in [1.165, 1.54) is 22.3 Å². The lowest BCUT2D eigenvalue weighted by atomic mass is 10.0. The van der Waals surface area contributed by atoms with Crippen LogP contribution >= 0.6 is 0 Å². The summed E-state index contributed by atoms with van der Waals surface area (Å²) in [5.74, 6) is 0. The Balaban J connectivity index is 1.25. The molecule has 3 heteroatoms. The number of hydrogen-bond acceptors (Lipinski definition) is 3. The summed E-state index contributed by atoms with van der Waals surface area (Å²) in [5.41, 5.74) is 7.30. The van der Waals surface area contributed by atoms with Crippen LogP contribution in [0.3, 0.4) is 0 Å². The minimum absolute atomic E-state index is 0.352. The van der Waals surface area contributed by atoms with Crippen LogP contribution in [0.4, 0.5) is 0 Å². The first-order chi connectivity index (χ1) is 15.8. The lowest BCUT2D eigenvalue weighted by Gasteiger charge is -2.02. The average Bonchev–Trinajstić information content (AvgIpc) is 2.86. The van der Waals surface area contributed by atoms with Crippen molar-refractivity contribution in [1.29, 1.82) is 5.41 Å². The highest BCUT2D eigenvalue weighted by Gasteiger charge is 1.98. The Hall–Kier alpha value is -4.11. The molecule has 4 aromatic rings. The first-order valence-corrected chi connectivity index (χ1v) is 10.6. The summed E-state index contributed by atoms with van der Waals surface area (Å²) in [6, 6.07) is 37.2. The van der Waals surface area contributed by atoms with Crippen LogP contribution < -0.4 is 0 Å². The van der Waals surface area contributed by atoms with Gasteiger partial charge < -0.3 is 5.41 Å². The number of hydrogen-bond donors (Lipinski definition) is 1. The maximum absolute atomic E-state index is 8.09. The molecule has 4 aromatic carbocycles. The zero-order valence-corrected chi connectivity index (χ0v) is 17.9. The Bertz CT molecular complexity index is 1090. The zero-order chi connectivity index (χ0) is 22.0. The molecule has 32 heavy (non-hydrogen) atoms. The summed E-state index contributed by atoms with van der Waals surface area (Å²) >= 11 is 0. The SMILES string of the molecule is N=C(CN=Cc1ccc(-c2ccccc2)cc1)CN=Cc1ccc(-c2ccccc2)cc1. The van der Waals surface area contributed by atoms with E-state index in [2.05, 4.69) is 58.5 Å². The number of benzene rings is 4. The lowest BCUT2D eigenvalue weighted by Crippen LogP contribution is -2.06. The van der Waals surface area contributed by atoms with Gasteiger partial charge in [0.05, 0.1) is 18.8 Å². The minimum atomic E-state index is 0.352. The highest BCUT2D eigenvalue weighted by molar-refractivity contribution is 5.90. The molecule has 0 bridgehead atoms. The second kappa shape index (κ2) is 10.8. The van der Waals surface area contributed by atoms with E-state index in [1.807, 2.05) is 73.1 Å². The third-order valence-corrected chi connectivity index (χ3v) is 5.08. The Kier molecular flexibility index (Phi) is 7.12. The van der Waals surface area contributed by atoms with E-state index in [4.69, 9.17) is 5.41 Å². The van der Waals surface area contributed by atoms with Gasteiger partial charge in [0, 0.05) is 12.4 Å². The zero-order valence-electron chi connectivity index (χ0n) is 17.9. The summed E-state index contributed by atoms with van der Waals surface area (Å²) in [7, 11) is 0. The van der Waals surface area contributed by atoms with Crippen LogP contribution in [0, 0.1) is 5.41 Å². The van der Waals surface area contributed by atoms with Crippen molar-refractivity contribution in [1.82, 2.24) is 0 Å². The van der Waals surface area contributed by atoms with Gasteiger partial charge in [-0.3, -0.25) is 9.98 Å². The molecule has 0 heterocycles. The average molecular weight is 416 g/mol. The van der Waals surface area contributed by atoms with Gasteiger partial charge in [-0.05, 0) is 33.4 Å². The van der Waals surface area contributed by atoms with Gasteiger partial charge in [-0.25, -0.2) is 0 Å². The summed E-state index contributed by atoms with van der Waals surface area (Å²) in [4.78, 5) is 8.78. The second-order valence-electron chi connectivity index (χ2n) is 7.52. The summed E-state index contributed by atoms with van der Waals surface area (Å²) in [6.07, 6.45) is 3.63. The predicted octanol–water partition coefficient (Wildman–Crippen LogP) is 6.58. The summed E-state index contributed by atoms with van der Waals surface area (Å²) < 4.78 is 0. The topological polar surface area (TPSA) is 48.6 Å². The van der Waals surface area contributed by atoms with Crippen molar-refractivity contribution in [2.24, 2.45) is 9.98 Å². The molecule has 0 aromatic heterocycles. The lowest BCUT2D eigenvalue weighted by molar-refractivity contribution is 1.17. The van der Waals surface area contributed by atoms with Gasteiger partial charge in [-0.1, -0.05) is 109 Å². The van der Waals surface area contributed by atoms with Crippen molar-refractivity contribution in [3.8, 4) is 22.3 Å². The molecule has 0 unspecified atom stereocenters. The van der Waals surface area contributed by atoms with Gasteiger partial charge in [0.15, 0.2) is 0 Å². The molecule has 0 aliphatic carbocycles. The van der Waals surface area contributed by atoms with Crippen LogP contribution in [0.2, 0.25) is 0 Å². The minimum Gasteiger partial charge on any atom is -0.306 e. The van der Waals surface area contributed by atoms with Crippen molar-refractivity contribution >= 4 is 18.1 Å². The molecule has 0 atom stereocenters. The maximum atomic E-state index is 8.09. The summed E-state index contributed by atoms with van der Waals surface area (Å²) in [5, 5.41) is 8.09. The van der Waals surface area contributed by atoms with Crippen LogP contribution in [-0.4, -0.2) is 31.2 Å². The fourth-order valence-corrected chi connectivity index (χ4v) is 3.36. The van der Waals surface area contributed by atoms with Gasteiger partial charge in [0.1, 0.15) is 0 Å². The van der Waals surface area contributed by atoms with Crippen LogP contribution in [0.5, 0.6) is 0 Å². The second-order valence-corrected chi connectivity index (χ2v) is 7.52. The standard InChI is InChI=1S/C29H25N3/c30-29(21-31-19-23-11-15-27(16-12-23)25-7-3-1-4-8-25)22-32-20-24-13-17-28(18-14-24)26-9-5-2-6-10-26/h1-20,30H,21-22H2. The van der Waals surface area contributed by atoms with Crippen molar-refractivity contribution in [2.75, 3.05) is 13.1 Å². The Morgan fingerprint density at radius 2 is 0.844 bits per heavy atom. The van der Waals surface area contributed by atoms with Crippen molar-refractivity contribution in [3.05, 3.63) is 120 Å². The molecule has 156 valence electrons. The monoisotopic (exact) mass is 415 g/mol. The van der Waals surface area contributed by atoms with Crippen molar-refractivity contribution in [2.45, 2.75) is 0 Å². The van der Waals surface area contributed by atoms with Gasteiger partial charge in [-0.15, -0.1) is 0 Å². The van der Waals surface area contributed by atoms with Crippen LogP contribution in [0.1, 0.15) is 11.1 Å². The molecule has 0 fully saturated rings. The molecule has 0 saturated heterocycles. The van der Waals surface area contributed by atoms with Crippen LogP contribution in [-0.2, 0) is 0 Å². The van der Waals surface area contributed by atoms with Gasteiger partial charge >= 0.3 is 0 Å². The molecular formula is C29H25N3. The Morgan fingerprint density at radius 1 is 0.500 bits per heavy atom. The predicted molar refractivity (Wildman–Crippen MR) is 136 cm³/mol. The number of rotatable bonds is 8. The largest absolute Gasteiger partial charge is 0.306 e. The van der Waals surface area contributed by atoms with Crippen LogP contribution in [0.15, 0.2) is 119 Å². The van der Waals surface area contributed by atoms with Crippen molar-refractivity contribution < 1.29 is 0 Å². The van der Waals surface area contributed by atoms with E-state index in [9.17, 15) is 0 Å². The highest BCUT2D eigenvalue weighted by Crippen LogP contribution is 2.19. The number of aliphatic imine (C=N–C) groups is 2. The van der Waals surface area contributed by atoms with E-state index in [0.29, 0.717) is 18.8 Å². The molecule has 3 nitrogen and oxygen atoms in total. The Labute approximate surface area is 189 Å². The molecule has 0 aliphatic heterocycles. The van der Waals surface area contributed by atoms with Crippen molar-refractivity contribution in [3.63, 3.8) is 0 Å². The molecule has 0 spiro atoms. The molecule has 1 N–H and O–H groups in total. The molecule has 0 aliphatic rings. The van der Waals surface area contributed by atoms with E-state index >= 15 is 0 Å². The first kappa shape index (κ1) is 21.1. The quantitative estimate of drug-likeness (QED) is 0.316. The molecule has 0 saturated carbocycles. The summed E-state index contributed by atoms with van der Waals surface area (Å²) in [6.45, 7) is 0.704. The molecule has 0 radical (unpaired) electrons. The molecule has 4 rings (SSSR count). The van der Waals surface area contributed by atoms with E-state index < -0.39 is 0 Å². The third-order valence-electron chi connectivity index (χ3n) is 5.08. The fourth-order valence-electron chi connectivity index (χ4n) is 3.36. The normalized spacial score (nSPS) is 11.2. The van der Waals surface area contributed by atoms with Gasteiger partial charge in [-0.2, -0.15) is 0 Å². The fraction of sp³-hybridized carbons (Fsp3) is 0.0690. The van der Waals surface area contributed by atoms with E-state index in [-0.39, 0.29) is 0 Å². The smallest absolute Gasteiger partial charge is 0.0784 e. The van der Waals surface area contributed by atoms with Crippen LogP contribution in [0.25, 0.3) is 22.3 Å². The van der Waals surface area contributed by atoms with E-state index in [0.717, 1.165) is 11.1 Å². The van der Waals surface area contributed by atoms with E-state index in [1.54, 1.807) is 0 Å². The van der Waals surface area contributed by atoms with Gasteiger partial charge in [0.2, 0.25) is 0 Å². The van der Waals surface area contributed by atoms with Gasteiger partial charge in [0.25, 0.3) is 0 Å². The molecule has 0 amide bonds. The maximum Gasteiger partial charge on any atom is 0.0784 e. The Morgan fingerprint density at radius 3 is 1.22 bits per heavy atom. The highest BCUT2D eigenvalue weighted by atomic mass is 14.8.